The van der Waals surface area contributed by atoms with Gasteiger partial charge >= 0.3 is 6.36 Å². The number of alkyl halides is 3. The van der Waals surface area contributed by atoms with Crippen molar-refractivity contribution in [1.82, 2.24) is 10.1 Å². The molecule has 0 radical (unpaired) electrons. The first-order valence-electron chi connectivity index (χ1n) is 8.08. The van der Waals surface area contributed by atoms with Gasteiger partial charge in [0.05, 0.1) is 13.2 Å². The summed E-state index contributed by atoms with van der Waals surface area (Å²) in [5.41, 5.74) is 1.37. The quantitative estimate of drug-likeness (QED) is 0.645. The molecule has 9 heteroatoms. The van der Waals surface area contributed by atoms with Gasteiger partial charge in [0.25, 0.3) is 0 Å². The van der Waals surface area contributed by atoms with E-state index in [1.807, 2.05) is 31.2 Å². The Morgan fingerprint density at radius 3 is 2.30 bits per heavy atom. The highest BCUT2D eigenvalue weighted by Crippen LogP contribution is 2.24. The van der Waals surface area contributed by atoms with Gasteiger partial charge in [-0.2, -0.15) is 4.98 Å². The highest BCUT2D eigenvalue weighted by molar-refractivity contribution is 5.55. The van der Waals surface area contributed by atoms with Crippen LogP contribution in [0.2, 0.25) is 0 Å². The Bertz CT molecular complexity index is 862. The van der Waals surface area contributed by atoms with Gasteiger partial charge < -0.3 is 19.3 Å². The lowest BCUT2D eigenvalue weighted by atomic mass is 10.2. The van der Waals surface area contributed by atoms with Crippen molar-refractivity contribution in [3.63, 3.8) is 0 Å². The van der Waals surface area contributed by atoms with E-state index in [9.17, 15) is 13.2 Å². The smallest absolute Gasteiger partial charge is 0.494 e. The van der Waals surface area contributed by atoms with E-state index >= 15 is 0 Å². The molecule has 3 aromatic rings. The number of halogens is 3. The second-order valence-electron chi connectivity index (χ2n) is 5.39. The van der Waals surface area contributed by atoms with Gasteiger partial charge in [0.15, 0.2) is 0 Å². The second kappa shape index (κ2) is 7.98. The predicted molar refractivity (Wildman–Crippen MR) is 91.4 cm³/mol. The topological polar surface area (TPSA) is 69.4 Å². The molecule has 0 atom stereocenters. The van der Waals surface area contributed by atoms with Gasteiger partial charge in [0.1, 0.15) is 11.5 Å². The minimum Gasteiger partial charge on any atom is -0.494 e. The summed E-state index contributed by atoms with van der Waals surface area (Å²) in [5, 5.41) is 6.91. The zero-order valence-electron chi connectivity index (χ0n) is 14.3. The van der Waals surface area contributed by atoms with Gasteiger partial charge in [-0.25, -0.2) is 0 Å². The van der Waals surface area contributed by atoms with E-state index in [0.29, 0.717) is 24.0 Å². The van der Waals surface area contributed by atoms with Gasteiger partial charge in [-0.1, -0.05) is 5.16 Å². The third-order valence-corrected chi connectivity index (χ3v) is 3.42. The van der Waals surface area contributed by atoms with Crippen LogP contribution in [0.3, 0.4) is 0 Å². The summed E-state index contributed by atoms with van der Waals surface area (Å²) >= 11 is 0. The molecule has 3 rings (SSSR count). The molecular weight excluding hydrogens is 363 g/mol. The molecule has 0 aliphatic carbocycles. The number of aromatic nitrogens is 2. The van der Waals surface area contributed by atoms with Crippen LogP contribution in [0.25, 0.3) is 11.4 Å². The van der Waals surface area contributed by atoms with Crippen molar-refractivity contribution >= 4 is 5.69 Å². The van der Waals surface area contributed by atoms with Gasteiger partial charge in [-0.3, -0.25) is 0 Å². The van der Waals surface area contributed by atoms with Crippen molar-refractivity contribution in [2.75, 3.05) is 11.9 Å². The van der Waals surface area contributed by atoms with Crippen LogP contribution in [-0.2, 0) is 6.54 Å². The predicted octanol–water partition coefficient (Wildman–Crippen LogP) is 4.65. The van der Waals surface area contributed by atoms with Crippen LogP contribution in [0.15, 0.2) is 53.1 Å². The van der Waals surface area contributed by atoms with Crippen LogP contribution in [0.4, 0.5) is 18.9 Å². The van der Waals surface area contributed by atoms with Crippen LogP contribution >= 0.6 is 0 Å². The standard InChI is InChI=1S/C18H16F3N3O3/c1-2-25-14-7-3-12(4-8-14)17-23-16(27-24-17)11-22-13-5-9-15(10-6-13)26-18(19,20)21/h3-10,22H,2,11H2,1H3. The molecule has 0 saturated carbocycles. The molecule has 27 heavy (non-hydrogen) atoms. The molecular formula is C18H16F3N3O3. The molecule has 0 fully saturated rings. The van der Waals surface area contributed by atoms with E-state index in [4.69, 9.17) is 9.26 Å². The van der Waals surface area contributed by atoms with E-state index in [1.54, 1.807) is 0 Å². The lowest BCUT2D eigenvalue weighted by Gasteiger charge is -2.09. The highest BCUT2D eigenvalue weighted by Gasteiger charge is 2.30. The second-order valence-corrected chi connectivity index (χ2v) is 5.39. The highest BCUT2D eigenvalue weighted by atomic mass is 19.4. The lowest BCUT2D eigenvalue weighted by Crippen LogP contribution is -2.17. The van der Waals surface area contributed by atoms with Crippen LogP contribution in [0.1, 0.15) is 12.8 Å². The molecule has 2 aromatic carbocycles. The molecule has 6 nitrogen and oxygen atoms in total. The lowest BCUT2D eigenvalue weighted by molar-refractivity contribution is -0.274. The molecule has 0 amide bonds. The Balaban J connectivity index is 1.58. The molecule has 0 unspecified atom stereocenters. The fourth-order valence-corrected chi connectivity index (χ4v) is 2.26. The van der Waals surface area contributed by atoms with E-state index in [-0.39, 0.29) is 12.3 Å². The van der Waals surface area contributed by atoms with Gasteiger partial charge in [-0.05, 0) is 55.5 Å². The SMILES string of the molecule is CCOc1ccc(-c2noc(CNc3ccc(OC(F)(F)F)cc3)n2)cc1. The Hall–Kier alpha value is -3.23. The third-order valence-electron chi connectivity index (χ3n) is 3.42. The van der Waals surface area contributed by atoms with Crippen molar-refractivity contribution in [2.45, 2.75) is 19.8 Å². The first-order valence-corrected chi connectivity index (χ1v) is 8.08. The third kappa shape index (κ3) is 5.37. The van der Waals surface area contributed by atoms with Crippen molar-refractivity contribution in [1.29, 1.82) is 0 Å². The van der Waals surface area contributed by atoms with E-state index in [0.717, 1.165) is 11.3 Å². The van der Waals surface area contributed by atoms with Gasteiger partial charge in [0, 0.05) is 11.3 Å². The van der Waals surface area contributed by atoms with Crippen LogP contribution in [0.5, 0.6) is 11.5 Å². The molecule has 1 aromatic heterocycles. The molecule has 1 N–H and O–H groups in total. The van der Waals surface area contributed by atoms with Crippen LogP contribution in [0, 0.1) is 0 Å². The summed E-state index contributed by atoms with van der Waals surface area (Å²) in [6.07, 6.45) is -4.71. The fourth-order valence-electron chi connectivity index (χ4n) is 2.26. The largest absolute Gasteiger partial charge is 0.573 e. The first-order chi connectivity index (χ1) is 12.9. The number of rotatable bonds is 7. The maximum Gasteiger partial charge on any atom is 0.573 e. The Morgan fingerprint density at radius 1 is 1.00 bits per heavy atom. The summed E-state index contributed by atoms with van der Waals surface area (Å²) in [6, 6.07) is 12.6. The molecule has 0 bridgehead atoms. The Morgan fingerprint density at radius 2 is 1.67 bits per heavy atom. The minimum atomic E-state index is -4.71. The van der Waals surface area contributed by atoms with Crippen LogP contribution < -0.4 is 14.8 Å². The summed E-state index contributed by atoms with van der Waals surface area (Å²) in [5.74, 6) is 1.24. The molecule has 142 valence electrons. The van der Waals surface area contributed by atoms with Crippen molar-refractivity contribution in [3.8, 4) is 22.9 Å². The number of hydrogen-bond acceptors (Lipinski definition) is 6. The maximum atomic E-state index is 12.1. The van der Waals surface area contributed by atoms with Gasteiger partial charge in [0.2, 0.25) is 11.7 Å². The number of ether oxygens (including phenoxy) is 2. The average molecular weight is 379 g/mol. The van der Waals surface area contributed by atoms with E-state index in [1.165, 1.54) is 24.3 Å². The summed E-state index contributed by atoms with van der Waals surface area (Å²) in [4.78, 5) is 4.28. The first kappa shape index (κ1) is 18.6. The zero-order valence-corrected chi connectivity index (χ0v) is 14.3. The van der Waals surface area contributed by atoms with Gasteiger partial charge in [-0.15, -0.1) is 13.2 Å². The molecule has 0 aliphatic rings. The maximum absolute atomic E-state index is 12.1. The molecule has 1 heterocycles. The summed E-state index contributed by atoms with van der Waals surface area (Å²) in [7, 11) is 0. The normalized spacial score (nSPS) is 11.3. The molecule has 0 saturated heterocycles. The minimum absolute atomic E-state index is 0.226. The number of anilines is 1. The zero-order chi connectivity index (χ0) is 19.3. The Kier molecular flexibility index (Phi) is 5.49. The molecule has 0 aliphatic heterocycles. The van der Waals surface area contributed by atoms with Crippen LogP contribution in [-0.4, -0.2) is 23.1 Å². The number of nitrogens with zero attached hydrogens (tertiary/aromatic N) is 2. The average Bonchev–Trinajstić information content (AvgIpc) is 3.10. The fraction of sp³-hybridized carbons (Fsp3) is 0.222. The number of hydrogen-bond donors (Lipinski definition) is 1. The number of nitrogens with one attached hydrogen (secondary N) is 1. The van der Waals surface area contributed by atoms with E-state index < -0.39 is 6.36 Å². The van der Waals surface area contributed by atoms with E-state index in [2.05, 4.69) is 20.2 Å². The van der Waals surface area contributed by atoms with Crippen molar-refractivity contribution in [2.24, 2.45) is 0 Å². The monoisotopic (exact) mass is 379 g/mol. The summed E-state index contributed by atoms with van der Waals surface area (Å²) in [6.45, 7) is 2.72. The van der Waals surface area contributed by atoms with Crippen molar-refractivity contribution < 1.29 is 27.2 Å². The van der Waals surface area contributed by atoms with Crippen molar-refractivity contribution in [3.05, 3.63) is 54.4 Å². The number of benzene rings is 2. The summed E-state index contributed by atoms with van der Waals surface area (Å²) < 4.78 is 50.8. The Labute approximate surface area is 152 Å². The molecule has 0 spiro atoms.